The summed E-state index contributed by atoms with van der Waals surface area (Å²) >= 11 is 3.01. The van der Waals surface area contributed by atoms with Crippen LogP contribution in [0.5, 0.6) is 11.6 Å². The molecule has 0 saturated carbocycles. The van der Waals surface area contributed by atoms with Crippen LogP contribution in [0.1, 0.15) is 0 Å². The highest BCUT2D eigenvalue weighted by Crippen LogP contribution is 2.28. The second kappa shape index (κ2) is 5.80. The molecule has 0 fully saturated rings. The Kier molecular flexibility index (Phi) is 4.11. The molecular weight excluding hydrogens is 335 g/mol. The van der Waals surface area contributed by atoms with Crippen molar-refractivity contribution in [2.75, 3.05) is 5.43 Å². The van der Waals surface area contributed by atoms with Crippen molar-refractivity contribution in [3.8, 4) is 11.6 Å². The molecule has 0 saturated heterocycles. The van der Waals surface area contributed by atoms with Crippen molar-refractivity contribution < 1.29 is 14.1 Å². The first-order valence-electron chi connectivity index (χ1n) is 5.25. The molecule has 3 N–H and O–H groups in total. The highest BCUT2D eigenvalue weighted by atomic mass is 79.9. The molecule has 7 nitrogen and oxygen atoms in total. The van der Waals surface area contributed by atoms with Crippen LogP contribution in [0.15, 0.2) is 34.8 Å². The number of hydrazine groups is 1. The molecule has 1 aromatic heterocycles. The molecule has 2 rings (SSSR count). The van der Waals surface area contributed by atoms with E-state index in [4.69, 9.17) is 10.6 Å². The average Bonchev–Trinajstić information content (AvgIpc) is 2.42. The zero-order valence-corrected chi connectivity index (χ0v) is 11.4. The van der Waals surface area contributed by atoms with Crippen molar-refractivity contribution >= 4 is 27.4 Å². The van der Waals surface area contributed by atoms with Gasteiger partial charge in [-0.1, -0.05) is 0 Å². The van der Waals surface area contributed by atoms with Crippen molar-refractivity contribution in [2.24, 2.45) is 5.84 Å². The van der Waals surface area contributed by atoms with Gasteiger partial charge in [-0.2, -0.15) is 4.98 Å². The fourth-order valence-corrected chi connectivity index (χ4v) is 1.63. The van der Waals surface area contributed by atoms with Gasteiger partial charge in [0.25, 0.3) is 5.69 Å². The number of anilines is 1. The largest absolute Gasteiger partial charge is 0.439 e. The Balaban J connectivity index is 2.34. The van der Waals surface area contributed by atoms with Crippen LogP contribution in [0, 0.1) is 15.9 Å². The molecule has 0 unspecified atom stereocenters. The van der Waals surface area contributed by atoms with Crippen LogP contribution >= 0.6 is 15.9 Å². The molecule has 0 bridgehead atoms. The molecule has 0 aliphatic rings. The number of nitrogens with two attached hydrogens (primary N) is 1. The van der Waals surface area contributed by atoms with Crippen LogP contribution in [0.25, 0.3) is 0 Å². The van der Waals surface area contributed by atoms with Crippen molar-refractivity contribution in [3.05, 3.63) is 50.7 Å². The van der Waals surface area contributed by atoms with Crippen molar-refractivity contribution in [3.63, 3.8) is 0 Å². The number of nitrogens with one attached hydrogen (secondary N) is 1. The highest BCUT2D eigenvalue weighted by Gasteiger charge is 2.13. The second-order valence-electron chi connectivity index (χ2n) is 3.63. The monoisotopic (exact) mass is 342 g/mol. The number of nitrogens with zero attached hydrogens (tertiary/aromatic N) is 2. The van der Waals surface area contributed by atoms with Gasteiger partial charge in [0.2, 0.25) is 5.88 Å². The van der Waals surface area contributed by atoms with Gasteiger partial charge in [-0.25, -0.2) is 10.2 Å². The van der Waals surface area contributed by atoms with E-state index in [-0.39, 0.29) is 27.6 Å². The first-order valence-corrected chi connectivity index (χ1v) is 6.05. The molecule has 1 aromatic carbocycles. The summed E-state index contributed by atoms with van der Waals surface area (Å²) in [6.45, 7) is 0. The van der Waals surface area contributed by atoms with Gasteiger partial charge in [-0.3, -0.25) is 10.1 Å². The lowest BCUT2D eigenvalue weighted by Gasteiger charge is -2.07. The molecule has 20 heavy (non-hydrogen) atoms. The SMILES string of the molecule is NNc1cc([N+](=O)[O-])cc(Oc2ccc(Br)c(F)c2)n1. The van der Waals surface area contributed by atoms with Crippen LogP contribution in [-0.4, -0.2) is 9.91 Å². The third kappa shape index (κ3) is 3.19. The minimum atomic E-state index is -0.614. The maximum absolute atomic E-state index is 13.3. The number of aromatic nitrogens is 1. The zero-order valence-electron chi connectivity index (χ0n) is 9.84. The average molecular weight is 343 g/mol. The standard InChI is InChI=1S/C11H8BrFN4O3/c12-8-2-1-7(5-9(8)13)20-11-4-6(17(18)19)3-10(15-11)16-14/h1-5H,14H2,(H,15,16). The highest BCUT2D eigenvalue weighted by molar-refractivity contribution is 9.10. The summed E-state index contributed by atoms with van der Waals surface area (Å²) in [5.41, 5.74) is 1.94. The number of hydrogen-bond acceptors (Lipinski definition) is 6. The first-order chi connectivity index (χ1) is 9.49. The van der Waals surface area contributed by atoms with Gasteiger partial charge >= 0.3 is 0 Å². The Morgan fingerprint density at radius 3 is 2.75 bits per heavy atom. The van der Waals surface area contributed by atoms with E-state index in [0.717, 1.165) is 18.2 Å². The van der Waals surface area contributed by atoms with E-state index < -0.39 is 10.7 Å². The Morgan fingerprint density at radius 1 is 1.40 bits per heavy atom. The maximum Gasteiger partial charge on any atom is 0.278 e. The van der Waals surface area contributed by atoms with Crippen molar-refractivity contribution in [2.45, 2.75) is 0 Å². The molecule has 2 aromatic rings. The van der Waals surface area contributed by atoms with Crippen molar-refractivity contribution in [1.29, 1.82) is 0 Å². The van der Waals surface area contributed by atoms with Crippen molar-refractivity contribution in [1.82, 2.24) is 4.98 Å². The number of rotatable bonds is 4. The van der Waals surface area contributed by atoms with E-state index in [1.165, 1.54) is 12.1 Å². The predicted octanol–water partition coefficient (Wildman–Crippen LogP) is 2.97. The third-order valence-electron chi connectivity index (χ3n) is 2.26. The molecule has 0 amide bonds. The summed E-state index contributed by atoms with van der Waals surface area (Å²) in [7, 11) is 0. The number of halogens is 2. The van der Waals surface area contributed by atoms with E-state index in [0.29, 0.717) is 0 Å². The lowest BCUT2D eigenvalue weighted by atomic mass is 10.3. The molecular formula is C11H8BrFN4O3. The number of hydrogen-bond donors (Lipinski definition) is 2. The minimum Gasteiger partial charge on any atom is -0.439 e. The molecule has 0 aliphatic carbocycles. The lowest BCUT2D eigenvalue weighted by Crippen LogP contribution is -2.09. The number of ether oxygens (including phenoxy) is 1. The van der Waals surface area contributed by atoms with Gasteiger partial charge in [0.1, 0.15) is 11.6 Å². The molecule has 0 spiro atoms. The summed E-state index contributed by atoms with van der Waals surface area (Å²) in [6.07, 6.45) is 0. The van der Waals surface area contributed by atoms with Crippen LogP contribution < -0.4 is 16.0 Å². The zero-order chi connectivity index (χ0) is 14.7. The molecule has 1 heterocycles. The van der Waals surface area contributed by atoms with Gasteiger partial charge in [0.15, 0.2) is 5.82 Å². The summed E-state index contributed by atoms with van der Waals surface area (Å²) in [5.74, 6) is 4.79. The Morgan fingerprint density at radius 2 is 2.15 bits per heavy atom. The number of nitro groups is 1. The molecule has 0 radical (unpaired) electrons. The third-order valence-corrected chi connectivity index (χ3v) is 2.90. The maximum atomic E-state index is 13.3. The minimum absolute atomic E-state index is 0.0618. The topological polar surface area (TPSA) is 103 Å². The Hall–Kier alpha value is -2.26. The van der Waals surface area contributed by atoms with E-state index in [9.17, 15) is 14.5 Å². The summed E-state index contributed by atoms with van der Waals surface area (Å²) in [4.78, 5) is 14.0. The summed E-state index contributed by atoms with van der Waals surface area (Å²) in [6, 6.07) is 6.32. The molecule has 9 heteroatoms. The lowest BCUT2D eigenvalue weighted by molar-refractivity contribution is -0.384. The van der Waals surface area contributed by atoms with Gasteiger partial charge in [-0.15, -0.1) is 0 Å². The van der Waals surface area contributed by atoms with Crippen LogP contribution in [0.2, 0.25) is 0 Å². The fraction of sp³-hybridized carbons (Fsp3) is 0. The summed E-state index contributed by atoms with van der Waals surface area (Å²) < 4.78 is 18.9. The molecule has 0 aliphatic heterocycles. The van der Waals surface area contributed by atoms with Gasteiger partial charge < -0.3 is 10.2 Å². The van der Waals surface area contributed by atoms with Gasteiger partial charge in [0, 0.05) is 6.07 Å². The number of benzene rings is 1. The van der Waals surface area contributed by atoms with E-state index in [1.807, 2.05) is 0 Å². The first kappa shape index (κ1) is 14.2. The van der Waals surface area contributed by atoms with E-state index in [1.54, 1.807) is 0 Å². The van der Waals surface area contributed by atoms with Crippen LogP contribution in [-0.2, 0) is 0 Å². The second-order valence-corrected chi connectivity index (χ2v) is 4.48. The molecule has 0 atom stereocenters. The quantitative estimate of drug-likeness (QED) is 0.503. The number of pyridine rings is 1. The normalized spacial score (nSPS) is 10.2. The number of nitrogen functional groups attached to an aromatic ring is 1. The smallest absolute Gasteiger partial charge is 0.278 e. The van der Waals surface area contributed by atoms with Gasteiger partial charge in [-0.05, 0) is 28.1 Å². The fourth-order valence-electron chi connectivity index (χ4n) is 1.38. The van der Waals surface area contributed by atoms with Gasteiger partial charge in [0.05, 0.1) is 21.5 Å². The molecule has 104 valence electrons. The Bertz CT molecular complexity index is 668. The van der Waals surface area contributed by atoms with E-state index >= 15 is 0 Å². The van der Waals surface area contributed by atoms with Crippen LogP contribution in [0.3, 0.4) is 0 Å². The predicted molar refractivity (Wildman–Crippen MR) is 72.9 cm³/mol. The summed E-state index contributed by atoms with van der Waals surface area (Å²) in [5, 5.41) is 10.8. The van der Waals surface area contributed by atoms with E-state index in [2.05, 4.69) is 26.3 Å². The van der Waals surface area contributed by atoms with Crippen LogP contribution in [0.4, 0.5) is 15.9 Å². The Labute approximate surface area is 120 Å².